The highest BCUT2D eigenvalue weighted by molar-refractivity contribution is 5.93. The number of phenolic OH excluding ortho intramolecular Hbond substituents is 1. The third kappa shape index (κ3) is 8.91. The lowest BCUT2D eigenvalue weighted by atomic mass is 9.45. The number of hydrogen-bond donors (Lipinski definition) is 8. The van der Waals surface area contributed by atoms with Gasteiger partial charge in [-0.3, -0.25) is 29.0 Å². The largest absolute Gasteiger partial charge is 0.508 e. The van der Waals surface area contributed by atoms with E-state index in [-0.39, 0.29) is 79.3 Å². The van der Waals surface area contributed by atoms with Gasteiger partial charge in [-0.05, 0) is 98.3 Å². The number of fused-ring (bicyclic) bond motifs is 5. The second-order valence-corrected chi connectivity index (χ2v) is 16.4. The van der Waals surface area contributed by atoms with Crippen LogP contribution in [0.3, 0.4) is 0 Å². The first-order valence-corrected chi connectivity index (χ1v) is 19.4. The molecule has 16 nitrogen and oxygen atoms in total. The van der Waals surface area contributed by atoms with E-state index in [4.69, 9.17) is 16.2 Å². The number of rotatable bonds is 16. The fourth-order valence-electron chi connectivity index (χ4n) is 10.1. The van der Waals surface area contributed by atoms with Crippen molar-refractivity contribution in [3.63, 3.8) is 0 Å². The Morgan fingerprint density at radius 3 is 2.39 bits per heavy atom. The Morgan fingerprint density at radius 1 is 1.00 bits per heavy atom. The SMILES string of the molecule is C[C@]12CCC(=O)C=C1CCC1C2[C@@H](O)C[C@@]2(C)C1CC[C@]2(O)C(=O)COC(=O)CCC(=O)N[C@@H](Cc1ccc(O)cc1)C(=O)N[C@@H](CCCN=C(N)N)C(=O)O. The number of aliphatic imine (C=N–C) groups is 1. The lowest BCUT2D eigenvalue weighted by Gasteiger charge is -2.60. The summed E-state index contributed by atoms with van der Waals surface area (Å²) in [7, 11) is 0. The number of carboxylic acids is 1. The fraction of sp³-hybridized carbons (Fsp3) is 0.625. The van der Waals surface area contributed by atoms with Crippen molar-refractivity contribution in [2.24, 2.45) is 45.0 Å². The molecule has 9 atom stereocenters. The average Bonchev–Trinajstić information content (AvgIpc) is 3.41. The number of phenols is 1. The van der Waals surface area contributed by atoms with Gasteiger partial charge in [0.05, 0.1) is 12.5 Å². The summed E-state index contributed by atoms with van der Waals surface area (Å²) in [6, 6.07) is 3.30. The van der Waals surface area contributed by atoms with E-state index in [1.807, 2.05) is 6.92 Å². The molecule has 0 saturated heterocycles. The number of aliphatic carboxylic acids is 1. The summed E-state index contributed by atoms with van der Waals surface area (Å²) in [5.74, 6) is -4.53. The molecule has 4 aliphatic rings. The number of aliphatic hydroxyl groups excluding tert-OH is 1. The first-order chi connectivity index (χ1) is 26.4. The number of guanidine groups is 1. The van der Waals surface area contributed by atoms with E-state index in [0.717, 1.165) is 18.4 Å². The summed E-state index contributed by atoms with van der Waals surface area (Å²) in [6.07, 6.45) is 3.74. The molecule has 0 aromatic heterocycles. The molecule has 3 saturated carbocycles. The normalized spacial score (nSPS) is 30.3. The van der Waals surface area contributed by atoms with Gasteiger partial charge in [0, 0.05) is 31.2 Å². The van der Waals surface area contributed by atoms with Crippen LogP contribution in [-0.2, 0) is 39.9 Å². The number of nitrogens with one attached hydrogen (secondary N) is 2. The highest BCUT2D eigenvalue weighted by Gasteiger charge is 2.68. The Labute approximate surface area is 325 Å². The molecule has 4 aliphatic carbocycles. The standard InChI is InChI=1S/C40H55N5O11/c1-38-15-13-25(47)19-23(38)7-10-26-27-14-16-40(55,39(27,2)20-30(48)34(26)38)31(49)21-56-33(51)12-11-32(50)44-29(18-22-5-8-24(46)9-6-22)35(52)45-28(36(53)54)4-3-17-43-37(41)42/h5-6,8-9,19,26-30,34,46,48,55H,3-4,7,10-18,20-21H2,1-2H3,(H,44,50)(H,45,52)(H,53,54)(H4,41,42,43)/t26?,27?,28-,29-,30-,34?,38-,39-,40-/m0/s1. The number of aliphatic hydroxyl groups is 2. The lowest BCUT2D eigenvalue weighted by molar-refractivity contribution is -0.184. The highest BCUT2D eigenvalue weighted by Crippen LogP contribution is 2.67. The van der Waals surface area contributed by atoms with E-state index in [1.165, 1.54) is 24.3 Å². The molecule has 0 spiro atoms. The average molecular weight is 782 g/mol. The zero-order valence-corrected chi connectivity index (χ0v) is 32.0. The third-order valence-electron chi connectivity index (χ3n) is 13.0. The number of carbonyl (C=O) groups excluding carboxylic acids is 5. The first-order valence-electron chi connectivity index (χ1n) is 19.4. The van der Waals surface area contributed by atoms with Crippen molar-refractivity contribution in [3.8, 4) is 5.75 Å². The molecule has 56 heavy (non-hydrogen) atoms. The molecule has 0 radical (unpaired) electrons. The second kappa shape index (κ2) is 17.1. The molecule has 0 aliphatic heterocycles. The second-order valence-electron chi connectivity index (χ2n) is 16.4. The number of nitrogens with two attached hydrogens (primary N) is 2. The zero-order chi connectivity index (χ0) is 41.0. The van der Waals surface area contributed by atoms with Crippen molar-refractivity contribution in [1.29, 1.82) is 0 Å². The van der Waals surface area contributed by atoms with Crippen LogP contribution in [0.5, 0.6) is 5.75 Å². The van der Waals surface area contributed by atoms with Crippen LogP contribution in [0.4, 0.5) is 0 Å². The van der Waals surface area contributed by atoms with Crippen LogP contribution >= 0.6 is 0 Å². The smallest absolute Gasteiger partial charge is 0.326 e. The van der Waals surface area contributed by atoms with Crippen molar-refractivity contribution in [2.45, 2.75) is 115 Å². The van der Waals surface area contributed by atoms with Crippen LogP contribution in [0, 0.1) is 28.6 Å². The van der Waals surface area contributed by atoms with Gasteiger partial charge in [-0.15, -0.1) is 0 Å². The van der Waals surface area contributed by atoms with E-state index < -0.39 is 78.2 Å². The van der Waals surface area contributed by atoms with Gasteiger partial charge in [0.2, 0.25) is 17.6 Å². The summed E-state index contributed by atoms with van der Waals surface area (Å²) in [6.45, 7) is 3.38. The van der Waals surface area contributed by atoms with Crippen molar-refractivity contribution < 1.29 is 53.9 Å². The monoisotopic (exact) mass is 781 g/mol. The number of amides is 2. The predicted molar refractivity (Wildman–Crippen MR) is 201 cm³/mol. The zero-order valence-electron chi connectivity index (χ0n) is 32.0. The third-order valence-corrected chi connectivity index (χ3v) is 13.0. The number of aromatic hydroxyl groups is 1. The summed E-state index contributed by atoms with van der Waals surface area (Å²) >= 11 is 0. The quantitative estimate of drug-likeness (QED) is 0.0507. The van der Waals surface area contributed by atoms with Gasteiger partial charge < -0.3 is 47.3 Å². The van der Waals surface area contributed by atoms with E-state index in [2.05, 4.69) is 22.5 Å². The number of ether oxygens (including phenoxy) is 1. The van der Waals surface area contributed by atoms with Gasteiger partial charge in [-0.25, -0.2) is 4.79 Å². The molecule has 5 rings (SSSR count). The number of nitrogens with zero attached hydrogens (tertiary/aromatic N) is 1. The van der Waals surface area contributed by atoms with Crippen LogP contribution in [0.25, 0.3) is 0 Å². The van der Waals surface area contributed by atoms with Gasteiger partial charge in [-0.1, -0.05) is 31.6 Å². The minimum absolute atomic E-state index is 0.0000473. The lowest BCUT2D eigenvalue weighted by Crippen LogP contribution is -2.62. The fourth-order valence-corrected chi connectivity index (χ4v) is 10.1. The number of carboxylic acid groups (broad SMARTS) is 1. The number of esters is 1. The molecule has 0 bridgehead atoms. The molecule has 3 unspecified atom stereocenters. The molecule has 3 fully saturated rings. The van der Waals surface area contributed by atoms with Crippen molar-refractivity contribution >= 4 is 41.3 Å². The number of hydrogen-bond acceptors (Lipinski definition) is 11. The van der Waals surface area contributed by atoms with E-state index in [9.17, 15) is 49.2 Å². The predicted octanol–water partition coefficient (Wildman–Crippen LogP) is 1.17. The van der Waals surface area contributed by atoms with Crippen LogP contribution in [0.1, 0.15) is 90.0 Å². The maximum absolute atomic E-state index is 13.7. The minimum atomic E-state index is -1.84. The first kappa shape index (κ1) is 42.3. The van der Waals surface area contributed by atoms with Crippen LogP contribution in [0.2, 0.25) is 0 Å². The van der Waals surface area contributed by atoms with Gasteiger partial charge in [0.15, 0.2) is 18.3 Å². The molecule has 1 aromatic carbocycles. The Bertz CT molecular complexity index is 1760. The summed E-state index contributed by atoms with van der Waals surface area (Å²) < 4.78 is 5.26. The van der Waals surface area contributed by atoms with Gasteiger partial charge in [0.1, 0.15) is 23.4 Å². The molecule has 1 aromatic rings. The molecule has 16 heteroatoms. The summed E-state index contributed by atoms with van der Waals surface area (Å²) in [5.41, 5.74) is 9.13. The molecule has 2 amide bonds. The molecule has 306 valence electrons. The topological polar surface area (TPSA) is 281 Å². The van der Waals surface area contributed by atoms with Gasteiger partial charge in [0.25, 0.3) is 0 Å². The number of ketones is 2. The number of Topliss-reactive ketones (excluding diaryl/α,β-unsaturated/α-hetero) is 1. The Kier molecular flexibility index (Phi) is 12.9. The number of allylic oxidation sites excluding steroid dienone is 1. The Balaban J connectivity index is 1.16. The van der Waals surface area contributed by atoms with Crippen molar-refractivity contribution in [1.82, 2.24) is 10.6 Å². The highest BCUT2D eigenvalue weighted by atomic mass is 16.5. The Hall–Kier alpha value is -4.83. The molecule has 0 heterocycles. The minimum Gasteiger partial charge on any atom is -0.508 e. The number of benzene rings is 1. The van der Waals surface area contributed by atoms with E-state index in [0.29, 0.717) is 24.8 Å². The van der Waals surface area contributed by atoms with E-state index >= 15 is 0 Å². The van der Waals surface area contributed by atoms with E-state index in [1.54, 1.807) is 6.08 Å². The molecular formula is C40H55N5O11. The maximum atomic E-state index is 13.7. The van der Waals surface area contributed by atoms with Crippen LogP contribution in [-0.4, -0.2) is 98.6 Å². The number of carbonyl (C=O) groups is 6. The van der Waals surface area contributed by atoms with Crippen molar-refractivity contribution in [3.05, 3.63) is 41.5 Å². The summed E-state index contributed by atoms with van der Waals surface area (Å²) in [5, 5.41) is 47.9. The summed E-state index contributed by atoms with van der Waals surface area (Å²) in [4.78, 5) is 80.7. The van der Waals surface area contributed by atoms with Crippen LogP contribution in [0.15, 0.2) is 40.9 Å². The maximum Gasteiger partial charge on any atom is 0.326 e. The molecular weight excluding hydrogens is 726 g/mol. The molecule has 10 N–H and O–H groups in total. The van der Waals surface area contributed by atoms with Crippen molar-refractivity contribution in [2.75, 3.05) is 13.2 Å². The van der Waals surface area contributed by atoms with Gasteiger partial charge in [-0.2, -0.15) is 0 Å². The Morgan fingerprint density at radius 2 is 1.71 bits per heavy atom. The van der Waals surface area contributed by atoms with Crippen LogP contribution < -0.4 is 22.1 Å². The van der Waals surface area contributed by atoms with Gasteiger partial charge >= 0.3 is 11.9 Å².